The number of methoxy groups -OCH3 is 2. The first kappa shape index (κ1) is 16.0. The Morgan fingerprint density at radius 2 is 1.77 bits per heavy atom. The largest absolute Gasteiger partial charge is 0.493 e. The van der Waals surface area contributed by atoms with Gasteiger partial charge in [0.2, 0.25) is 0 Å². The maximum absolute atomic E-state index is 5.37. The van der Waals surface area contributed by atoms with Crippen molar-refractivity contribution in [3.63, 3.8) is 0 Å². The zero-order valence-electron chi connectivity index (χ0n) is 14.5. The Bertz CT molecular complexity index is 1040. The van der Waals surface area contributed by atoms with Crippen LogP contribution in [-0.2, 0) is 0 Å². The minimum Gasteiger partial charge on any atom is -0.493 e. The second-order valence-corrected chi connectivity index (χ2v) is 5.69. The Labute approximate surface area is 151 Å². The number of nitrogens with zero attached hydrogens (tertiary/aromatic N) is 3. The minimum atomic E-state index is 0.649. The van der Waals surface area contributed by atoms with Crippen LogP contribution in [0.3, 0.4) is 0 Å². The van der Waals surface area contributed by atoms with Gasteiger partial charge in [0.05, 0.1) is 19.9 Å². The Kier molecular flexibility index (Phi) is 4.15. The quantitative estimate of drug-likeness (QED) is 0.588. The fourth-order valence-electron chi connectivity index (χ4n) is 2.81. The molecule has 130 valence electrons. The van der Waals surface area contributed by atoms with Gasteiger partial charge in [0.1, 0.15) is 0 Å². The lowest BCUT2D eigenvalue weighted by Gasteiger charge is -2.12. The van der Waals surface area contributed by atoms with Crippen molar-refractivity contribution in [3.8, 4) is 22.8 Å². The minimum absolute atomic E-state index is 0.649. The van der Waals surface area contributed by atoms with Crippen LogP contribution in [0.15, 0.2) is 67.1 Å². The third-order valence-corrected chi connectivity index (χ3v) is 4.09. The van der Waals surface area contributed by atoms with Crippen molar-refractivity contribution < 1.29 is 9.47 Å². The van der Waals surface area contributed by atoms with E-state index in [0.717, 1.165) is 22.6 Å². The van der Waals surface area contributed by atoms with Gasteiger partial charge in [-0.1, -0.05) is 30.3 Å². The van der Waals surface area contributed by atoms with Crippen LogP contribution in [0.25, 0.3) is 16.9 Å². The summed E-state index contributed by atoms with van der Waals surface area (Å²) in [6, 6.07) is 15.7. The molecule has 2 aromatic carbocycles. The van der Waals surface area contributed by atoms with Crippen molar-refractivity contribution in [1.82, 2.24) is 14.4 Å². The second kappa shape index (κ2) is 6.76. The Morgan fingerprint density at radius 1 is 0.962 bits per heavy atom. The molecular weight excluding hydrogens is 328 g/mol. The fraction of sp³-hybridized carbons (Fsp3) is 0.100. The summed E-state index contributed by atoms with van der Waals surface area (Å²) < 4.78 is 12.6. The van der Waals surface area contributed by atoms with Crippen molar-refractivity contribution in [1.29, 1.82) is 0 Å². The molecule has 0 unspecified atom stereocenters. The first-order chi connectivity index (χ1) is 12.8. The van der Waals surface area contributed by atoms with E-state index in [0.29, 0.717) is 17.3 Å². The predicted molar refractivity (Wildman–Crippen MR) is 101 cm³/mol. The van der Waals surface area contributed by atoms with E-state index in [1.54, 1.807) is 20.4 Å². The number of rotatable bonds is 5. The maximum atomic E-state index is 5.37. The van der Waals surface area contributed by atoms with Gasteiger partial charge in [0.15, 0.2) is 23.0 Å². The molecule has 0 fully saturated rings. The van der Waals surface area contributed by atoms with Gasteiger partial charge in [-0.15, -0.1) is 0 Å². The molecule has 0 radical (unpaired) electrons. The average Bonchev–Trinajstić information content (AvgIpc) is 3.17. The third kappa shape index (κ3) is 2.93. The second-order valence-electron chi connectivity index (χ2n) is 5.69. The normalized spacial score (nSPS) is 10.7. The number of hydrogen-bond acceptors (Lipinski definition) is 5. The summed E-state index contributed by atoms with van der Waals surface area (Å²) in [7, 11) is 3.23. The molecule has 6 heteroatoms. The van der Waals surface area contributed by atoms with Crippen LogP contribution >= 0.6 is 0 Å². The molecule has 0 spiro atoms. The van der Waals surface area contributed by atoms with Gasteiger partial charge >= 0.3 is 0 Å². The van der Waals surface area contributed by atoms with Gasteiger partial charge < -0.3 is 19.2 Å². The molecule has 2 aromatic heterocycles. The molecule has 0 atom stereocenters. The molecule has 6 nitrogen and oxygen atoms in total. The molecule has 0 saturated carbocycles. The maximum Gasteiger partial charge on any atom is 0.180 e. The van der Waals surface area contributed by atoms with E-state index in [-0.39, 0.29) is 0 Å². The molecule has 1 N–H and O–H groups in total. The third-order valence-electron chi connectivity index (χ3n) is 4.09. The standard InChI is InChI=1S/C20H18N4O2/c1-25-17-9-8-15(12-18(17)26-2)22-19-20-21-10-11-24(20)13-16(23-19)14-6-4-3-5-7-14/h3-13H,1-2H3,(H,22,23). The first-order valence-corrected chi connectivity index (χ1v) is 8.16. The molecular formula is C20H18N4O2. The highest BCUT2D eigenvalue weighted by Gasteiger charge is 2.11. The Hall–Kier alpha value is -3.54. The zero-order valence-corrected chi connectivity index (χ0v) is 14.5. The first-order valence-electron chi connectivity index (χ1n) is 8.16. The SMILES string of the molecule is COc1ccc(Nc2nc(-c3ccccc3)cn3ccnc23)cc1OC. The van der Waals surface area contributed by atoms with Gasteiger partial charge in [-0.25, -0.2) is 9.97 Å². The molecule has 0 bridgehead atoms. The average molecular weight is 346 g/mol. The van der Waals surface area contributed by atoms with E-state index >= 15 is 0 Å². The molecule has 0 aliphatic carbocycles. The zero-order chi connectivity index (χ0) is 17.9. The highest BCUT2D eigenvalue weighted by molar-refractivity contribution is 5.74. The topological polar surface area (TPSA) is 60.7 Å². The molecule has 4 rings (SSSR count). The van der Waals surface area contributed by atoms with E-state index in [1.165, 1.54) is 0 Å². The molecule has 4 aromatic rings. The van der Waals surface area contributed by atoms with Crippen molar-refractivity contribution in [2.45, 2.75) is 0 Å². The molecule has 0 amide bonds. The Morgan fingerprint density at radius 3 is 2.54 bits per heavy atom. The van der Waals surface area contributed by atoms with Crippen LogP contribution < -0.4 is 14.8 Å². The smallest absolute Gasteiger partial charge is 0.180 e. The lowest BCUT2D eigenvalue weighted by atomic mass is 10.2. The number of benzene rings is 2. The van der Waals surface area contributed by atoms with Crippen LogP contribution in [-0.4, -0.2) is 28.6 Å². The lowest BCUT2D eigenvalue weighted by Crippen LogP contribution is -2.01. The van der Waals surface area contributed by atoms with Crippen molar-refractivity contribution in [2.75, 3.05) is 19.5 Å². The number of ether oxygens (including phenoxy) is 2. The Balaban J connectivity index is 1.77. The van der Waals surface area contributed by atoms with Crippen molar-refractivity contribution in [3.05, 3.63) is 67.1 Å². The summed E-state index contributed by atoms with van der Waals surface area (Å²) in [5.74, 6) is 2.00. The van der Waals surface area contributed by atoms with E-state index in [2.05, 4.69) is 10.3 Å². The lowest BCUT2D eigenvalue weighted by molar-refractivity contribution is 0.355. The summed E-state index contributed by atoms with van der Waals surface area (Å²) in [6.07, 6.45) is 5.63. The van der Waals surface area contributed by atoms with Crippen molar-refractivity contribution >= 4 is 17.2 Å². The molecule has 0 saturated heterocycles. The highest BCUT2D eigenvalue weighted by atomic mass is 16.5. The van der Waals surface area contributed by atoms with E-state index < -0.39 is 0 Å². The monoisotopic (exact) mass is 346 g/mol. The van der Waals surface area contributed by atoms with Crippen molar-refractivity contribution in [2.24, 2.45) is 0 Å². The van der Waals surface area contributed by atoms with Crippen LogP contribution in [0.4, 0.5) is 11.5 Å². The van der Waals surface area contributed by atoms with E-state index in [4.69, 9.17) is 14.5 Å². The van der Waals surface area contributed by atoms with Gasteiger partial charge in [0, 0.05) is 35.9 Å². The van der Waals surface area contributed by atoms with Crippen LogP contribution in [0.5, 0.6) is 11.5 Å². The summed E-state index contributed by atoms with van der Waals surface area (Å²) in [5.41, 5.74) is 3.49. The molecule has 2 heterocycles. The van der Waals surface area contributed by atoms with E-state index in [9.17, 15) is 0 Å². The van der Waals surface area contributed by atoms with Gasteiger partial charge in [-0.3, -0.25) is 0 Å². The summed E-state index contributed by atoms with van der Waals surface area (Å²) in [6.45, 7) is 0. The van der Waals surface area contributed by atoms with Crippen LogP contribution in [0.2, 0.25) is 0 Å². The van der Waals surface area contributed by atoms with Gasteiger partial charge in [-0.05, 0) is 12.1 Å². The number of fused-ring (bicyclic) bond motifs is 1. The molecule has 26 heavy (non-hydrogen) atoms. The van der Waals surface area contributed by atoms with Crippen LogP contribution in [0.1, 0.15) is 0 Å². The number of imidazole rings is 1. The summed E-state index contributed by atoms with van der Waals surface area (Å²) in [4.78, 5) is 9.18. The molecule has 0 aliphatic heterocycles. The number of anilines is 2. The van der Waals surface area contributed by atoms with Gasteiger partial charge in [0.25, 0.3) is 0 Å². The molecule has 0 aliphatic rings. The van der Waals surface area contributed by atoms with E-state index in [1.807, 2.05) is 65.3 Å². The predicted octanol–water partition coefficient (Wildman–Crippen LogP) is 4.16. The summed E-state index contributed by atoms with van der Waals surface area (Å²) in [5, 5.41) is 3.34. The number of nitrogens with one attached hydrogen (secondary N) is 1. The highest BCUT2D eigenvalue weighted by Crippen LogP contribution is 2.32. The summed E-state index contributed by atoms with van der Waals surface area (Å²) >= 11 is 0. The van der Waals surface area contributed by atoms with Gasteiger partial charge in [-0.2, -0.15) is 0 Å². The number of aromatic nitrogens is 3. The fourth-order valence-corrected chi connectivity index (χ4v) is 2.81. The van der Waals surface area contributed by atoms with Crippen LogP contribution in [0, 0.1) is 0 Å². The number of hydrogen-bond donors (Lipinski definition) is 1.